The van der Waals surface area contributed by atoms with Gasteiger partial charge in [-0.1, -0.05) is 158 Å². The molecule has 204 valence electrons. The first-order chi connectivity index (χ1) is 21.2. The minimum atomic E-state index is 0.391. The van der Waals surface area contributed by atoms with E-state index >= 15 is 0 Å². The SMILES string of the molecule is C=C(/N=C(\N=C(/N)c1ccc(-c2cccc3ccccc23)cc1)c1cccc2ccccc12)c1cccc2ccccc12. The van der Waals surface area contributed by atoms with Crippen molar-refractivity contribution >= 4 is 49.7 Å². The van der Waals surface area contributed by atoms with Gasteiger partial charge in [0.1, 0.15) is 5.84 Å². The number of benzene rings is 7. The Morgan fingerprint density at radius 1 is 0.465 bits per heavy atom. The molecule has 0 aliphatic carbocycles. The number of nitrogens with two attached hydrogens (primary N) is 1. The van der Waals surface area contributed by atoms with Crippen molar-refractivity contribution in [3.63, 3.8) is 0 Å². The van der Waals surface area contributed by atoms with E-state index in [9.17, 15) is 0 Å². The molecular formula is C40H29N3. The van der Waals surface area contributed by atoms with Gasteiger partial charge in [0.2, 0.25) is 0 Å². The van der Waals surface area contributed by atoms with Crippen LogP contribution in [0.3, 0.4) is 0 Å². The standard InChI is InChI=1S/C40H29N3/c1-27(33-20-8-14-28-11-2-5-17-34(28)33)42-40(38-22-10-16-30-13-4-7-19-37(30)38)43-39(41)32-25-23-31(24-26-32)36-21-9-15-29-12-3-6-18-35(29)36/h2-26H,1H2,(H2,41,42,43). The van der Waals surface area contributed by atoms with Gasteiger partial charge in [-0.05, 0) is 43.4 Å². The zero-order chi connectivity index (χ0) is 29.2. The maximum atomic E-state index is 6.70. The highest BCUT2D eigenvalue weighted by Gasteiger charge is 2.12. The lowest BCUT2D eigenvalue weighted by Gasteiger charge is -2.11. The molecule has 7 aromatic rings. The Balaban J connectivity index is 1.32. The number of hydrogen-bond donors (Lipinski definition) is 1. The molecule has 43 heavy (non-hydrogen) atoms. The fraction of sp³-hybridized carbons (Fsp3) is 0. The van der Waals surface area contributed by atoms with Gasteiger partial charge in [0.15, 0.2) is 5.84 Å². The molecule has 3 heteroatoms. The predicted octanol–water partition coefficient (Wildman–Crippen LogP) is 9.64. The fourth-order valence-corrected chi connectivity index (χ4v) is 5.71. The van der Waals surface area contributed by atoms with Gasteiger partial charge in [0, 0.05) is 16.7 Å². The van der Waals surface area contributed by atoms with Crippen molar-refractivity contribution in [2.45, 2.75) is 0 Å². The van der Waals surface area contributed by atoms with Crippen LogP contribution in [0, 0.1) is 0 Å². The average molecular weight is 552 g/mol. The molecule has 0 heterocycles. The van der Waals surface area contributed by atoms with Crippen molar-refractivity contribution in [1.29, 1.82) is 0 Å². The van der Waals surface area contributed by atoms with Gasteiger partial charge in [-0.15, -0.1) is 0 Å². The molecular weight excluding hydrogens is 522 g/mol. The molecule has 0 radical (unpaired) electrons. The molecule has 0 amide bonds. The number of hydrogen-bond acceptors (Lipinski definition) is 1. The summed E-state index contributed by atoms with van der Waals surface area (Å²) in [4.78, 5) is 9.99. The largest absolute Gasteiger partial charge is 0.383 e. The van der Waals surface area contributed by atoms with Gasteiger partial charge in [0.05, 0.1) is 5.70 Å². The summed E-state index contributed by atoms with van der Waals surface area (Å²) >= 11 is 0. The van der Waals surface area contributed by atoms with E-state index in [0.29, 0.717) is 17.4 Å². The lowest BCUT2D eigenvalue weighted by molar-refractivity contribution is 1.45. The van der Waals surface area contributed by atoms with Crippen LogP contribution in [0.25, 0.3) is 49.1 Å². The van der Waals surface area contributed by atoms with Crippen LogP contribution in [0.1, 0.15) is 16.7 Å². The molecule has 0 aromatic heterocycles. The van der Waals surface area contributed by atoms with Crippen LogP contribution in [0.2, 0.25) is 0 Å². The van der Waals surface area contributed by atoms with Crippen LogP contribution >= 0.6 is 0 Å². The van der Waals surface area contributed by atoms with E-state index in [1.54, 1.807) is 0 Å². The monoisotopic (exact) mass is 551 g/mol. The molecule has 0 atom stereocenters. The second kappa shape index (κ2) is 11.2. The minimum Gasteiger partial charge on any atom is -0.383 e. The van der Waals surface area contributed by atoms with Gasteiger partial charge in [-0.25, -0.2) is 9.98 Å². The normalized spacial score (nSPS) is 12.2. The summed E-state index contributed by atoms with van der Waals surface area (Å²) in [6.45, 7) is 4.37. The summed E-state index contributed by atoms with van der Waals surface area (Å²) in [6.07, 6.45) is 0. The summed E-state index contributed by atoms with van der Waals surface area (Å²) < 4.78 is 0. The second-order valence-electron chi connectivity index (χ2n) is 10.5. The van der Waals surface area contributed by atoms with E-state index in [0.717, 1.165) is 43.8 Å². The average Bonchev–Trinajstić information content (AvgIpc) is 3.07. The Labute approximate surface area is 251 Å². The smallest absolute Gasteiger partial charge is 0.162 e. The topological polar surface area (TPSA) is 50.7 Å². The third-order valence-electron chi connectivity index (χ3n) is 7.88. The van der Waals surface area contributed by atoms with Crippen LogP contribution in [-0.2, 0) is 0 Å². The lowest BCUT2D eigenvalue weighted by atomic mass is 9.97. The molecule has 0 bridgehead atoms. The molecule has 0 aliphatic heterocycles. The predicted molar refractivity (Wildman–Crippen MR) is 184 cm³/mol. The van der Waals surface area contributed by atoms with Gasteiger partial charge >= 0.3 is 0 Å². The van der Waals surface area contributed by atoms with E-state index in [4.69, 9.17) is 15.7 Å². The van der Waals surface area contributed by atoms with Crippen LogP contribution < -0.4 is 5.73 Å². The molecule has 0 unspecified atom stereocenters. The van der Waals surface area contributed by atoms with Crippen molar-refractivity contribution in [1.82, 2.24) is 0 Å². The maximum Gasteiger partial charge on any atom is 0.162 e. The number of amidine groups is 2. The summed E-state index contributed by atoms with van der Waals surface area (Å²) in [5.74, 6) is 0.909. The third-order valence-corrected chi connectivity index (χ3v) is 7.88. The van der Waals surface area contributed by atoms with E-state index in [1.807, 2.05) is 60.7 Å². The number of nitrogens with zero attached hydrogens (tertiary/aromatic N) is 2. The Kier molecular flexibility index (Phi) is 6.82. The van der Waals surface area contributed by atoms with Gasteiger partial charge in [-0.3, -0.25) is 0 Å². The Bertz CT molecular complexity index is 2190. The minimum absolute atomic E-state index is 0.391. The maximum absolute atomic E-state index is 6.70. The van der Waals surface area contributed by atoms with E-state index < -0.39 is 0 Å². The molecule has 7 aromatic carbocycles. The van der Waals surface area contributed by atoms with Gasteiger partial charge in [0.25, 0.3) is 0 Å². The van der Waals surface area contributed by atoms with Crippen LogP contribution in [-0.4, -0.2) is 11.7 Å². The lowest BCUT2D eigenvalue weighted by Crippen LogP contribution is -2.16. The Hall–Kier alpha value is -5.80. The highest BCUT2D eigenvalue weighted by Crippen LogP contribution is 2.30. The van der Waals surface area contributed by atoms with Crippen molar-refractivity contribution < 1.29 is 0 Å². The number of rotatable bonds is 5. The van der Waals surface area contributed by atoms with Crippen molar-refractivity contribution in [3.8, 4) is 11.1 Å². The third kappa shape index (κ3) is 5.09. The molecule has 0 saturated carbocycles. The van der Waals surface area contributed by atoms with E-state index in [-0.39, 0.29) is 0 Å². The van der Waals surface area contributed by atoms with E-state index in [1.165, 1.54) is 16.3 Å². The van der Waals surface area contributed by atoms with Crippen LogP contribution in [0.5, 0.6) is 0 Å². The van der Waals surface area contributed by atoms with Gasteiger partial charge in [-0.2, -0.15) is 0 Å². The fourth-order valence-electron chi connectivity index (χ4n) is 5.71. The van der Waals surface area contributed by atoms with Crippen LogP contribution in [0.15, 0.2) is 168 Å². The molecule has 0 spiro atoms. The first kappa shape index (κ1) is 26.1. The zero-order valence-electron chi connectivity index (χ0n) is 23.6. The van der Waals surface area contributed by atoms with Gasteiger partial charge < -0.3 is 5.73 Å². The molecule has 7 rings (SSSR count). The van der Waals surface area contributed by atoms with Crippen molar-refractivity contribution in [3.05, 3.63) is 175 Å². The molecule has 0 fully saturated rings. The van der Waals surface area contributed by atoms with Crippen LogP contribution in [0.4, 0.5) is 0 Å². The second-order valence-corrected chi connectivity index (χ2v) is 10.5. The first-order valence-corrected chi connectivity index (χ1v) is 14.3. The number of fused-ring (bicyclic) bond motifs is 3. The molecule has 0 saturated heterocycles. The quantitative estimate of drug-likeness (QED) is 0.168. The highest BCUT2D eigenvalue weighted by molar-refractivity contribution is 6.17. The van der Waals surface area contributed by atoms with Crippen molar-refractivity contribution in [2.24, 2.45) is 15.7 Å². The zero-order valence-corrected chi connectivity index (χ0v) is 23.6. The Morgan fingerprint density at radius 2 is 0.953 bits per heavy atom. The Morgan fingerprint density at radius 3 is 1.60 bits per heavy atom. The molecule has 2 N–H and O–H groups in total. The molecule has 3 nitrogen and oxygen atoms in total. The summed E-state index contributed by atoms with van der Waals surface area (Å²) in [6, 6.07) is 51.9. The molecule has 0 aliphatic rings. The summed E-state index contributed by atoms with van der Waals surface area (Å²) in [7, 11) is 0. The van der Waals surface area contributed by atoms with E-state index in [2.05, 4.69) is 97.6 Å². The first-order valence-electron chi connectivity index (χ1n) is 14.3. The summed E-state index contributed by atoms with van der Waals surface area (Å²) in [5.41, 5.74) is 12.3. The highest BCUT2D eigenvalue weighted by atomic mass is 15.0. The summed E-state index contributed by atoms with van der Waals surface area (Å²) in [5, 5.41) is 6.83. The number of aliphatic imine (C=N–C) groups is 2. The van der Waals surface area contributed by atoms with Crippen molar-refractivity contribution in [2.75, 3.05) is 0 Å².